The zero-order valence-corrected chi connectivity index (χ0v) is 23.2. The van der Waals surface area contributed by atoms with Crippen LogP contribution in [0.15, 0.2) is 48.5 Å². The molecule has 0 aromatic heterocycles. The van der Waals surface area contributed by atoms with Gasteiger partial charge in [-0.05, 0) is 79.6 Å². The van der Waals surface area contributed by atoms with Gasteiger partial charge in [0.05, 0.1) is 18.3 Å². The molecule has 1 aliphatic rings. The summed E-state index contributed by atoms with van der Waals surface area (Å²) >= 11 is 0. The van der Waals surface area contributed by atoms with Crippen LogP contribution < -0.4 is 11.5 Å². The van der Waals surface area contributed by atoms with Crippen LogP contribution in [0.1, 0.15) is 92.6 Å². The summed E-state index contributed by atoms with van der Waals surface area (Å²) in [7, 11) is 0. The quantitative estimate of drug-likeness (QED) is 0.116. The second-order valence-electron chi connectivity index (χ2n) is 10.3. The van der Waals surface area contributed by atoms with Crippen molar-refractivity contribution < 1.29 is 23.8 Å². The molecule has 0 atom stereocenters. The van der Waals surface area contributed by atoms with E-state index in [1.807, 2.05) is 0 Å². The van der Waals surface area contributed by atoms with E-state index in [0.29, 0.717) is 23.4 Å². The highest BCUT2D eigenvalue weighted by Gasteiger charge is 2.24. The molecule has 1 aliphatic carbocycles. The van der Waals surface area contributed by atoms with Crippen molar-refractivity contribution in [1.29, 1.82) is 0 Å². The van der Waals surface area contributed by atoms with Crippen LogP contribution in [-0.4, -0.2) is 37.4 Å². The highest BCUT2D eigenvalue weighted by atomic mass is 16.5. The van der Waals surface area contributed by atoms with Crippen LogP contribution in [-0.2, 0) is 25.4 Å². The summed E-state index contributed by atoms with van der Waals surface area (Å²) in [5.74, 6) is -0.769. The minimum atomic E-state index is -0.451. The number of ether oxygens (including phenoxy) is 3. The Kier molecular flexibility index (Phi) is 12.9. The summed E-state index contributed by atoms with van der Waals surface area (Å²) < 4.78 is 17.0. The number of hydrogen-bond acceptors (Lipinski definition) is 7. The molecule has 0 aliphatic heterocycles. The fourth-order valence-corrected chi connectivity index (χ4v) is 4.72. The third kappa shape index (κ3) is 11.1. The van der Waals surface area contributed by atoms with Crippen molar-refractivity contribution in [3.63, 3.8) is 0 Å². The summed E-state index contributed by atoms with van der Waals surface area (Å²) in [5.41, 5.74) is 15.1. The molecule has 1 fully saturated rings. The number of carbonyl (C=O) groups excluding carboxylic acids is 2. The highest BCUT2D eigenvalue weighted by Crippen LogP contribution is 2.25. The third-order valence-corrected chi connectivity index (χ3v) is 7.09. The molecule has 212 valence electrons. The molecule has 0 spiro atoms. The lowest BCUT2D eigenvalue weighted by Crippen LogP contribution is -2.28. The van der Waals surface area contributed by atoms with Gasteiger partial charge in [0.25, 0.3) is 0 Å². The standard InChI is InChI=1S/C32H44N2O5/c1-2-3-4-5-6-7-21-37-28-14-16-29(17-15-28)39-32(36)25-11-8-24(9-12-25)10-19-31(35)38-22-20-26-23-27(33)13-18-30(26)34/h8-13,18-19,23,28-29H,2-7,14-17,20-22,33-34H2,1H3. The van der Waals surface area contributed by atoms with Gasteiger partial charge in [-0.25, -0.2) is 9.59 Å². The summed E-state index contributed by atoms with van der Waals surface area (Å²) in [5, 5.41) is 0. The molecule has 3 rings (SSSR count). The Balaban J connectivity index is 1.32. The number of carbonyl (C=O) groups is 2. The molecule has 39 heavy (non-hydrogen) atoms. The van der Waals surface area contributed by atoms with Crippen LogP contribution in [0.3, 0.4) is 0 Å². The summed E-state index contributed by atoms with van der Waals surface area (Å²) in [6.07, 6.45) is 14.8. The lowest BCUT2D eigenvalue weighted by Gasteiger charge is -2.28. The molecule has 2 aromatic carbocycles. The molecule has 7 heteroatoms. The van der Waals surface area contributed by atoms with Crippen molar-refractivity contribution in [2.45, 2.75) is 89.8 Å². The van der Waals surface area contributed by atoms with E-state index in [2.05, 4.69) is 6.92 Å². The molecule has 0 bridgehead atoms. The van der Waals surface area contributed by atoms with Gasteiger partial charge >= 0.3 is 11.9 Å². The van der Waals surface area contributed by atoms with Crippen LogP contribution in [0.4, 0.5) is 11.4 Å². The van der Waals surface area contributed by atoms with Crippen LogP contribution in [0, 0.1) is 0 Å². The average Bonchev–Trinajstić information content (AvgIpc) is 2.94. The van der Waals surface area contributed by atoms with Gasteiger partial charge in [0.1, 0.15) is 6.10 Å². The van der Waals surface area contributed by atoms with Crippen LogP contribution in [0.2, 0.25) is 0 Å². The number of esters is 2. The first kappa shape index (κ1) is 30.2. The van der Waals surface area contributed by atoms with Crippen LogP contribution in [0.25, 0.3) is 6.08 Å². The van der Waals surface area contributed by atoms with Gasteiger partial charge in [0.15, 0.2) is 0 Å². The Hall–Kier alpha value is -3.32. The lowest BCUT2D eigenvalue weighted by atomic mass is 9.95. The van der Waals surface area contributed by atoms with Crippen LogP contribution in [0.5, 0.6) is 0 Å². The molecule has 0 heterocycles. The van der Waals surface area contributed by atoms with Crippen LogP contribution >= 0.6 is 0 Å². The van der Waals surface area contributed by atoms with E-state index >= 15 is 0 Å². The van der Waals surface area contributed by atoms with E-state index in [0.717, 1.165) is 49.8 Å². The molecular formula is C32H44N2O5. The lowest BCUT2D eigenvalue weighted by molar-refractivity contribution is -0.137. The molecule has 1 saturated carbocycles. The monoisotopic (exact) mass is 536 g/mol. The highest BCUT2D eigenvalue weighted by molar-refractivity contribution is 5.90. The van der Waals surface area contributed by atoms with Gasteiger partial charge in [0, 0.05) is 30.5 Å². The number of nitrogen functional groups attached to an aromatic ring is 2. The molecule has 0 radical (unpaired) electrons. The predicted molar refractivity (Wildman–Crippen MR) is 156 cm³/mol. The van der Waals surface area contributed by atoms with Gasteiger partial charge in [-0.3, -0.25) is 0 Å². The molecule has 7 nitrogen and oxygen atoms in total. The fourth-order valence-electron chi connectivity index (χ4n) is 4.72. The maximum atomic E-state index is 12.6. The summed E-state index contributed by atoms with van der Waals surface area (Å²) in [6.45, 7) is 3.27. The minimum Gasteiger partial charge on any atom is -0.462 e. The van der Waals surface area contributed by atoms with E-state index in [9.17, 15) is 9.59 Å². The van der Waals surface area contributed by atoms with Crippen molar-refractivity contribution in [3.05, 3.63) is 65.2 Å². The first-order valence-corrected chi connectivity index (χ1v) is 14.4. The summed E-state index contributed by atoms with van der Waals surface area (Å²) in [6, 6.07) is 12.2. The second kappa shape index (κ2) is 16.6. The SMILES string of the molecule is CCCCCCCCOC1CCC(OC(=O)c2ccc(C=CC(=O)OCCc3cc(N)ccc3N)cc2)CC1. The molecule has 2 aromatic rings. The number of rotatable bonds is 15. The Morgan fingerprint density at radius 2 is 1.56 bits per heavy atom. The molecular weight excluding hydrogens is 492 g/mol. The maximum Gasteiger partial charge on any atom is 0.338 e. The van der Waals surface area contributed by atoms with E-state index in [4.69, 9.17) is 25.7 Å². The van der Waals surface area contributed by atoms with E-state index in [1.165, 1.54) is 38.2 Å². The molecule has 0 amide bonds. The number of benzene rings is 2. The predicted octanol–water partition coefficient (Wildman–Crippen LogP) is 6.50. The number of anilines is 2. The van der Waals surface area contributed by atoms with Gasteiger partial charge in [-0.2, -0.15) is 0 Å². The average molecular weight is 537 g/mol. The van der Waals surface area contributed by atoms with Gasteiger partial charge in [-0.1, -0.05) is 51.2 Å². The molecule has 0 saturated heterocycles. The third-order valence-electron chi connectivity index (χ3n) is 7.09. The minimum absolute atomic E-state index is 0.0663. The van der Waals surface area contributed by atoms with Crippen molar-refractivity contribution in [2.24, 2.45) is 0 Å². The second-order valence-corrected chi connectivity index (χ2v) is 10.3. The smallest absolute Gasteiger partial charge is 0.338 e. The van der Waals surface area contributed by atoms with Gasteiger partial charge in [0.2, 0.25) is 0 Å². The van der Waals surface area contributed by atoms with Crippen molar-refractivity contribution in [1.82, 2.24) is 0 Å². The van der Waals surface area contributed by atoms with Crippen molar-refractivity contribution in [3.8, 4) is 0 Å². The van der Waals surface area contributed by atoms with Gasteiger partial charge < -0.3 is 25.7 Å². The zero-order valence-electron chi connectivity index (χ0n) is 23.2. The van der Waals surface area contributed by atoms with E-state index in [1.54, 1.807) is 48.5 Å². The maximum absolute atomic E-state index is 12.6. The van der Waals surface area contributed by atoms with E-state index in [-0.39, 0.29) is 24.8 Å². The van der Waals surface area contributed by atoms with Crippen molar-refractivity contribution in [2.75, 3.05) is 24.7 Å². The Morgan fingerprint density at radius 3 is 2.31 bits per heavy atom. The van der Waals surface area contributed by atoms with Gasteiger partial charge in [-0.15, -0.1) is 0 Å². The Morgan fingerprint density at radius 1 is 0.872 bits per heavy atom. The first-order chi connectivity index (χ1) is 18.9. The normalized spacial score (nSPS) is 17.3. The van der Waals surface area contributed by atoms with Crippen molar-refractivity contribution >= 4 is 29.4 Å². The number of nitrogens with two attached hydrogens (primary N) is 2. The zero-order chi connectivity index (χ0) is 27.9. The fraction of sp³-hybridized carbons (Fsp3) is 0.500. The Bertz CT molecular complexity index is 1060. The molecule has 4 N–H and O–H groups in total. The summed E-state index contributed by atoms with van der Waals surface area (Å²) in [4.78, 5) is 24.7. The Labute approximate surface area is 232 Å². The number of hydrogen-bond donors (Lipinski definition) is 2. The number of unbranched alkanes of at least 4 members (excludes halogenated alkanes) is 5. The first-order valence-electron chi connectivity index (χ1n) is 14.4. The molecule has 0 unspecified atom stereocenters. The van der Waals surface area contributed by atoms with E-state index < -0.39 is 5.97 Å². The largest absolute Gasteiger partial charge is 0.462 e. The topological polar surface area (TPSA) is 114 Å².